The van der Waals surface area contributed by atoms with E-state index in [4.69, 9.17) is 0 Å². The van der Waals surface area contributed by atoms with E-state index in [2.05, 4.69) is 60.7 Å². The summed E-state index contributed by atoms with van der Waals surface area (Å²) in [5.41, 5.74) is 2.56. The van der Waals surface area contributed by atoms with E-state index in [1.165, 1.54) is 11.1 Å². The van der Waals surface area contributed by atoms with E-state index in [9.17, 15) is 4.79 Å². The maximum atomic E-state index is 12.4. The van der Waals surface area contributed by atoms with E-state index in [0.29, 0.717) is 5.41 Å². The zero-order valence-electron chi connectivity index (χ0n) is 13.5. The van der Waals surface area contributed by atoms with Gasteiger partial charge in [0.25, 0.3) is 0 Å². The lowest BCUT2D eigenvalue weighted by atomic mass is 10.1. The van der Waals surface area contributed by atoms with E-state index in [0.717, 1.165) is 12.8 Å². The second-order valence-corrected chi connectivity index (χ2v) is 12.3. The fraction of sp³-hybridized carbons (Fsp3) is 0.688. The first-order valence-corrected chi connectivity index (χ1v) is 9.83. The van der Waals surface area contributed by atoms with E-state index in [1.807, 2.05) is 6.08 Å². The Morgan fingerprint density at radius 1 is 1.11 bits per heavy atom. The van der Waals surface area contributed by atoms with Crippen LogP contribution in [0.2, 0.25) is 18.1 Å². The van der Waals surface area contributed by atoms with Crippen molar-refractivity contribution in [2.75, 3.05) is 0 Å². The maximum Gasteiger partial charge on any atom is 0.137 e. The average molecular weight is 267 g/mol. The Hall–Kier alpha value is -0.633. The largest absolute Gasteiger partial charge is 0.301 e. The normalized spacial score (nSPS) is 13.4. The van der Waals surface area contributed by atoms with Gasteiger partial charge in [0, 0.05) is 0 Å². The number of carbonyl (C=O) groups is 1. The standard InChI is InChI=1S/C16H30OSi/c1-13(2)10-9-11-14(3)12-15(17)18(7,8)16(4,5)6/h10,12H,9,11H2,1-8H3/b14-12-. The predicted molar refractivity (Wildman–Crippen MR) is 84.6 cm³/mol. The second kappa shape index (κ2) is 6.51. The molecule has 0 radical (unpaired) electrons. The van der Waals surface area contributed by atoms with Crippen molar-refractivity contribution < 1.29 is 4.79 Å². The van der Waals surface area contributed by atoms with Gasteiger partial charge in [0.05, 0.1) is 0 Å². The Kier molecular flexibility index (Phi) is 6.28. The molecule has 0 fully saturated rings. The Morgan fingerprint density at radius 2 is 1.61 bits per heavy atom. The summed E-state index contributed by atoms with van der Waals surface area (Å²) in [6.07, 6.45) is 6.16. The van der Waals surface area contributed by atoms with Crippen molar-refractivity contribution in [1.82, 2.24) is 0 Å². The molecule has 18 heavy (non-hydrogen) atoms. The van der Waals surface area contributed by atoms with Gasteiger partial charge in [0.2, 0.25) is 0 Å². The van der Waals surface area contributed by atoms with Crippen LogP contribution in [0.5, 0.6) is 0 Å². The average Bonchev–Trinajstić information content (AvgIpc) is 2.14. The number of allylic oxidation sites excluding steroid dienone is 4. The van der Waals surface area contributed by atoms with Crippen LogP contribution in [0.15, 0.2) is 23.3 Å². The fourth-order valence-corrected chi connectivity index (χ4v) is 2.78. The molecule has 0 aromatic rings. The molecule has 0 aliphatic rings. The molecule has 0 bridgehead atoms. The minimum Gasteiger partial charge on any atom is -0.301 e. The van der Waals surface area contributed by atoms with Crippen LogP contribution in [0.4, 0.5) is 0 Å². The first-order valence-electron chi connectivity index (χ1n) is 6.83. The minimum absolute atomic E-state index is 0.126. The number of hydrogen-bond donors (Lipinski definition) is 0. The molecule has 0 aliphatic carbocycles. The smallest absolute Gasteiger partial charge is 0.137 e. The highest BCUT2D eigenvalue weighted by atomic mass is 28.3. The van der Waals surface area contributed by atoms with Crippen molar-refractivity contribution in [3.63, 3.8) is 0 Å². The van der Waals surface area contributed by atoms with Crippen molar-refractivity contribution in [2.24, 2.45) is 0 Å². The Labute approximate surface area is 114 Å². The quantitative estimate of drug-likeness (QED) is 0.375. The lowest BCUT2D eigenvalue weighted by molar-refractivity contribution is -0.108. The van der Waals surface area contributed by atoms with Crippen LogP contribution in [0.25, 0.3) is 0 Å². The van der Waals surface area contributed by atoms with E-state index >= 15 is 0 Å². The number of hydrogen-bond acceptors (Lipinski definition) is 1. The Morgan fingerprint density at radius 3 is 2.00 bits per heavy atom. The first kappa shape index (κ1) is 17.4. The zero-order valence-corrected chi connectivity index (χ0v) is 14.5. The van der Waals surface area contributed by atoms with Crippen molar-refractivity contribution in [3.05, 3.63) is 23.3 Å². The molecular formula is C16H30OSi. The van der Waals surface area contributed by atoms with E-state index < -0.39 is 8.07 Å². The summed E-state index contributed by atoms with van der Waals surface area (Å²) in [4.78, 5) is 12.4. The molecule has 0 saturated heterocycles. The summed E-state index contributed by atoms with van der Waals surface area (Å²) in [6, 6.07) is 0. The maximum absolute atomic E-state index is 12.4. The zero-order chi connectivity index (χ0) is 14.6. The van der Waals surface area contributed by atoms with Gasteiger partial charge < -0.3 is 4.79 Å². The van der Waals surface area contributed by atoms with Crippen LogP contribution < -0.4 is 0 Å². The molecule has 0 aliphatic heterocycles. The van der Waals surface area contributed by atoms with Crippen LogP contribution in [0, 0.1) is 0 Å². The molecule has 0 unspecified atom stereocenters. The Bertz CT molecular complexity index is 350. The van der Waals surface area contributed by atoms with Crippen molar-refractivity contribution >= 4 is 13.5 Å². The van der Waals surface area contributed by atoms with Gasteiger partial charge in [0.15, 0.2) is 0 Å². The monoisotopic (exact) mass is 266 g/mol. The lowest BCUT2D eigenvalue weighted by Gasteiger charge is -2.34. The molecule has 0 atom stereocenters. The third-order valence-electron chi connectivity index (χ3n) is 3.96. The van der Waals surface area contributed by atoms with Crippen LogP contribution >= 0.6 is 0 Å². The SMILES string of the molecule is CC(C)=CCC/C(C)=C\C(=O)[Si](C)(C)C(C)(C)C. The van der Waals surface area contributed by atoms with E-state index in [1.54, 1.807) is 0 Å². The van der Waals surface area contributed by atoms with Gasteiger partial charge in [-0.1, -0.05) is 51.1 Å². The highest BCUT2D eigenvalue weighted by molar-refractivity contribution is 7.07. The Balaban J connectivity index is 4.68. The van der Waals surface area contributed by atoms with Crippen LogP contribution in [-0.4, -0.2) is 13.5 Å². The molecule has 0 saturated carbocycles. The summed E-state index contributed by atoms with van der Waals surface area (Å²) in [5, 5.41) is 0.505. The van der Waals surface area contributed by atoms with Gasteiger partial charge >= 0.3 is 0 Å². The second-order valence-electron chi connectivity index (χ2n) is 7.05. The third kappa shape index (κ3) is 5.34. The molecule has 0 heterocycles. The highest BCUT2D eigenvalue weighted by Crippen LogP contribution is 2.36. The molecule has 0 spiro atoms. The molecule has 1 nitrogen and oxygen atoms in total. The number of carbonyl (C=O) groups excluding carboxylic acids is 1. The molecular weight excluding hydrogens is 236 g/mol. The summed E-state index contributed by atoms with van der Waals surface area (Å²) >= 11 is 0. The van der Waals surface area contributed by atoms with Gasteiger partial charge in [-0.2, -0.15) is 0 Å². The van der Waals surface area contributed by atoms with Gasteiger partial charge in [-0.05, 0) is 44.7 Å². The minimum atomic E-state index is -1.86. The summed E-state index contributed by atoms with van der Waals surface area (Å²) in [5.74, 6) is 0. The van der Waals surface area contributed by atoms with E-state index in [-0.39, 0.29) is 5.04 Å². The van der Waals surface area contributed by atoms with Crippen LogP contribution in [0.1, 0.15) is 54.4 Å². The van der Waals surface area contributed by atoms with Gasteiger partial charge in [-0.3, -0.25) is 0 Å². The molecule has 0 N–H and O–H groups in total. The van der Waals surface area contributed by atoms with Gasteiger partial charge in [-0.25, -0.2) is 0 Å². The molecule has 0 aromatic carbocycles. The fourth-order valence-electron chi connectivity index (χ4n) is 1.43. The summed E-state index contributed by atoms with van der Waals surface area (Å²) in [6.45, 7) is 17.2. The lowest BCUT2D eigenvalue weighted by Crippen LogP contribution is -2.45. The molecule has 0 amide bonds. The predicted octanol–water partition coefficient (Wildman–Crippen LogP) is 5.30. The summed E-state index contributed by atoms with van der Waals surface area (Å²) in [7, 11) is -1.86. The third-order valence-corrected chi connectivity index (χ3v) is 9.09. The van der Waals surface area contributed by atoms with Gasteiger partial charge in [-0.15, -0.1) is 0 Å². The molecule has 104 valence electrons. The van der Waals surface area contributed by atoms with Crippen molar-refractivity contribution in [2.45, 2.75) is 72.5 Å². The summed E-state index contributed by atoms with van der Waals surface area (Å²) < 4.78 is 0. The van der Waals surface area contributed by atoms with Crippen molar-refractivity contribution in [1.29, 1.82) is 0 Å². The van der Waals surface area contributed by atoms with Crippen LogP contribution in [0.3, 0.4) is 0 Å². The number of rotatable bonds is 5. The highest BCUT2D eigenvalue weighted by Gasteiger charge is 2.40. The molecule has 2 heteroatoms. The topological polar surface area (TPSA) is 17.1 Å². The molecule has 0 rings (SSSR count). The van der Waals surface area contributed by atoms with Crippen molar-refractivity contribution in [3.8, 4) is 0 Å². The first-order chi connectivity index (χ1) is 7.98. The van der Waals surface area contributed by atoms with Gasteiger partial charge in [0.1, 0.15) is 13.5 Å². The van der Waals surface area contributed by atoms with Crippen LogP contribution in [-0.2, 0) is 4.79 Å². The molecule has 0 aromatic heterocycles.